The first-order chi connectivity index (χ1) is 13.6. The molecule has 1 amide bonds. The second-order valence-corrected chi connectivity index (χ2v) is 6.50. The summed E-state index contributed by atoms with van der Waals surface area (Å²) < 4.78 is 12.1. The molecule has 8 N–H and O–H groups in total. The monoisotopic (exact) mass is 408 g/mol. The third-order valence-electron chi connectivity index (χ3n) is 4.53. The number of aliphatic hydroxyl groups is 3. The van der Waals surface area contributed by atoms with E-state index < -0.39 is 42.6 Å². The zero-order valence-corrected chi connectivity index (χ0v) is 15.2. The van der Waals surface area contributed by atoms with Crippen LogP contribution in [-0.4, -0.2) is 73.5 Å². The number of guanidine groups is 1. The maximum Gasteiger partial charge on any atom is 0.335 e. The average Bonchev–Trinajstić information content (AvgIpc) is 2.98. The van der Waals surface area contributed by atoms with Gasteiger partial charge in [-0.05, 0) is 18.2 Å². The Morgan fingerprint density at radius 3 is 2.45 bits per heavy atom. The van der Waals surface area contributed by atoms with Gasteiger partial charge in [-0.15, -0.1) is 0 Å². The first-order valence-corrected chi connectivity index (χ1v) is 8.42. The van der Waals surface area contributed by atoms with Gasteiger partial charge in [0, 0.05) is 18.5 Å². The molecule has 2 aromatic rings. The Morgan fingerprint density at radius 1 is 1.14 bits per heavy atom. The number of ether oxygens (including phenoxy) is 2. The molecule has 12 nitrogen and oxygen atoms in total. The van der Waals surface area contributed by atoms with Gasteiger partial charge in [-0.1, -0.05) is 0 Å². The summed E-state index contributed by atoms with van der Waals surface area (Å²) in [6, 6.07) is 6.21. The van der Waals surface area contributed by atoms with Gasteiger partial charge >= 0.3 is 5.97 Å². The first kappa shape index (κ1) is 20.5. The summed E-state index contributed by atoms with van der Waals surface area (Å²) in [7, 11) is 1.61. The Balaban J connectivity index is 1.89. The summed E-state index contributed by atoms with van der Waals surface area (Å²) in [4.78, 5) is 26.8. The molecule has 2 heterocycles. The smallest absolute Gasteiger partial charge is 0.335 e. The number of carboxylic acid groups (broad SMARTS) is 1. The number of carbonyl (C=O) groups is 2. The lowest BCUT2D eigenvalue weighted by atomic mass is 9.99. The molecule has 0 aliphatic carbocycles. The number of aliphatic hydroxyl groups excluding tert-OH is 3. The van der Waals surface area contributed by atoms with Crippen LogP contribution in [-0.2, 0) is 16.6 Å². The van der Waals surface area contributed by atoms with E-state index in [1.807, 2.05) is 0 Å². The number of aliphatic carboxylic acids is 1. The third-order valence-corrected chi connectivity index (χ3v) is 4.53. The SMILES string of the molecule is Cn1c(C(=O)N=C(N)N)cc2ccc(O[C@@H]3O[C@H](C(=O)O)[C@@H](O)[C@H](O)[C@H]3O)cc21. The molecule has 5 atom stereocenters. The van der Waals surface area contributed by atoms with Gasteiger partial charge in [-0.25, -0.2) is 4.79 Å². The summed E-state index contributed by atoms with van der Waals surface area (Å²) in [5, 5.41) is 39.4. The van der Waals surface area contributed by atoms with Crippen molar-refractivity contribution in [2.24, 2.45) is 23.5 Å². The van der Waals surface area contributed by atoms with E-state index in [0.29, 0.717) is 10.9 Å². The molecule has 1 aromatic heterocycles. The van der Waals surface area contributed by atoms with Crippen LogP contribution in [0.2, 0.25) is 0 Å². The number of hydrogen-bond donors (Lipinski definition) is 6. The number of nitrogens with two attached hydrogens (primary N) is 2. The minimum absolute atomic E-state index is 0.163. The fourth-order valence-electron chi connectivity index (χ4n) is 3.05. The number of benzene rings is 1. The summed E-state index contributed by atoms with van der Waals surface area (Å²) in [5.74, 6) is -2.37. The van der Waals surface area contributed by atoms with Crippen molar-refractivity contribution in [3.05, 3.63) is 30.0 Å². The average molecular weight is 408 g/mol. The second kappa shape index (κ2) is 7.67. The maximum absolute atomic E-state index is 12.1. The number of aliphatic imine (C=N–C) groups is 1. The molecule has 1 aromatic carbocycles. The summed E-state index contributed by atoms with van der Waals surface area (Å²) >= 11 is 0. The first-order valence-electron chi connectivity index (χ1n) is 8.42. The molecule has 1 saturated heterocycles. The van der Waals surface area contributed by atoms with Crippen LogP contribution in [0.25, 0.3) is 10.9 Å². The van der Waals surface area contributed by atoms with Gasteiger partial charge in [0.05, 0.1) is 5.52 Å². The molecular formula is C17H20N4O8. The molecule has 0 spiro atoms. The molecule has 12 heteroatoms. The highest BCUT2D eigenvalue weighted by Crippen LogP contribution is 2.28. The van der Waals surface area contributed by atoms with E-state index in [2.05, 4.69) is 4.99 Å². The molecular weight excluding hydrogens is 388 g/mol. The molecule has 1 aliphatic heterocycles. The van der Waals surface area contributed by atoms with Crippen LogP contribution in [0.4, 0.5) is 0 Å². The van der Waals surface area contributed by atoms with Crippen LogP contribution in [0.5, 0.6) is 5.75 Å². The highest BCUT2D eigenvalue weighted by molar-refractivity contribution is 6.04. The largest absolute Gasteiger partial charge is 0.479 e. The number of rotatable bonds is 4. The molecule has 0 bridgehead atoms. The molecule has 0 saturated carbocycles. The zero-order valence-electron chi connectivity index (χ0n) is 15.2. The number of hydrogen-bond acceptors (Lipinski definition) is 7. The van der Waals surface area contributed by atoms with Gasteiger partial charge in [0.15, 0.2) is 12.1 Å². The lowest BCUT2D eigenvalue weighted by Gasteiger charge is -2.38. The fourth-order valence-corrected chi connectivity index (χ4v) is 3.05. The number of aromatic nitrogens is 1. The van der Waals surface area contributed by atoms with Crippen molar-refractivity contribution in [1.29, 1.82) is 0 Å². The second-order valence-electron chi connectivity index (χ2n) is 6.50. The van der Waals surface area contributed by atoms with E-state index in [0.717, 1.165) is 0 Å². The molecule has 0 radical (unpaired) electrons. The van der Waals surface area contributed by atoms with E-state index in [1.54, 1.807) is 19.2 Å². The van der Waals surface area contributed by atoms with Crippen molar-refractivity contribution in [2.45, 2.75) is 30.7 Å². The van der Waals surface area contributed by atoms with Gasteiger partial charge in [0.2, 0.25) is 6.29 Å². The third kappa shape index (κ3) is 3.86. The highest BCUT2D eigenvalue weighted by Gasteiger charge is 2.48. The van der Waals surface area contributed by atoms with Crippen LogP contribution >= 0.6 is 0 Å². The Bertz CT molecular complexity index is 983. The van der Waals surface area contributed by atoms with Crippen LogP contribution < -0.4 is 16.2 Å². The van der Waals surface area contributed by atoms with Crippen molar-refractivity contribution in [3.8, 4) is 5.75 Å². The topological polar surface area (TPSA) is 203 Å². The van der Waals surface area contributed by atoms with E-state index >= 15 is 0 Å². The minimum atomic E-state index is -1.82. The lowest BCUT2D eigenvalue weighted by Crippen LogP contribution is -2.61. The predicted molar refractivity (Wildman–Crippen MR) is 98.0 cm³/mol. The van der Waals surface area contributed by atoms with Crippen molar-refractivity contribution in [3.63, 3.8) is 0 Å². The van der Waals surface area contributed by atoms with E-state index in [4.69, 9.17) is 26.0 Å². The van der Waals surface area contributed by atoms with Crippen molar-refractivity contribution in [1.82, 2.24) is 4.57 Å². The van der Waals surface area contributed by atoms with Gasteiger partial charge < -0.3 is 45.9 Å². The normalized spacial score (nSPS) is 26.8. The van der Waals surface area contributed by atoms with Crippen molar-refractivity contribution < 1.29 is 39.5 Å². The number of aryl methyl sites for hydroxylation is 1. The van der Waals surface area contributed by atoms with Gasteiger partial charge in [0.1, 0.15) is 29.8 Å². The summed E-state index contributed by atoms with van der Waals surface area (Å²) in [6.45, 7) is 0. The summed E-state index contributed by atoms with van der Waals surface area (Å²) in [6.07, 6.45) is -8.61. The van der Waals surface area contributed by atoms with Crippen molar-refractivity contribution >= 4 is 28.7 Å². The van der Waals surface area contributed by atoms with Gasteiger partial charge in [-0.3, -0.25) is 4.79 Å². The summed E-state index contributed by atoms with van der Waals surface area (Å²) in [5.41, 5.74) is 11.2. The molecule has 1 aliphatic rings. The van der Waals surface area contributed by atoms with Crippen LogP contribution in [0.1, 0.15) is 10.5 Å². The number of fused-ring (bicyclic) bond motifs is 1. The lowest BCUT2D eigenvalue weighted by molar-refractivity contribution is -0.271. The number of carbonyl (C=O) groups excluding carboxylic acids is 1. The molecule has 29 heavy (non-hydrogen) atoms. The highest BCUT2D eigenvalue weighted by atomic mass is 16.7. The Morgan fingerprint density at radius 2 is 1.83 bits per heavy atom. The number of carboxylic acids is 1. The maximum atomic E-state index is 12.1. The Labute approximate surface area is 163 Å². The predicted octanol–water partition coefficient (Wildman–Crippen LogP) is -2.14. The zero-order chi connectivity index (χ0) is 21.5. The Hall–Kier alpha value is -3.19. The van der Waals surface area contributed by atoms with Gasteiger partial charge in [-0.2, -0.15) is 4.99 Å². The standard InChI is InChI=1S/C17H20N4O8/c1-21-8-5-7(3-2-6(8)4-9(21)14(25)20-17(18)19)28-16-12(24)10(22)11(23)13(29-16)15(26)27/h2-5,10-13,16,22-24H,1H3,(H,26,27)(H4,18,19,20,25)/t10-,11-,12+,13-,16+/m0/s1. The minimum Gasteiger partial charge on any atom is -0.479 e. The number of amides is 1. The van der Waals surface area contributed by atoms with Crippen LogP contribution in [0.15, 0.2) is 29.3 Å². The quantitative estimate of drug-likeness (QED) is 0.239. The molecule has 3 rings (SSSR count). The van der Waals surface area contributed by atoms with Crippen molar-refractivity contribution in [2.75, 3.05) is 0 Å². The number of nitrogens with zero attached hydrogens (tertiary/aromatic N) is 2. The van der Waals surface area contributed by atoms with E-state index in [-0.39, 0.29) is 17.4 Å². The Kier molecular flexibility index (Phi) is 5.44. The fraction of sp³-hybridized carbons (Fsp3) is 0.353. The van der Waals surface area contributed by atoms with E-state index in [9.17, 15) is 24.9 Å². The molecule has 156 valence electrons. The van der Waals surface area contributed by atoms with E-state index in [1.165, 1.54) is 16.7 Å². The van der Waals surface area contributed by atoms with Crippen LogP contribution in [0.3, 0.4) is 0 Å². The molecule has 1 fully saturated rings. The molecule has 0 unspecified atom stereocenters. The van der Waals surface area contributed by atoms with Crippen LogP contribution in [0, 0.1) is 0 Å². The van der Waals surface area contributed by atoms with Gasteiger partial charge in [0.25, 0.3) is 5.91 Å².